The highest BCUT2D eigenvalue weighted by molar-refractivity contribution is 5.73. The van der Waals surface area contributed by atoms with E-state index >= 15 is 0 Å². The van der Waals surface area contributed by atoms with E-state index in [1.165, 1.54) is 19.3 Å². The predicted molar refractivity (Wildman–Crippen MR) is 95.7 cm³/mol. The molecule has 0 radical (unpaired) electrons. The number of hydrogen-bond donors (Lipinski definition) is 1. The number of carbonyl (C=O) groups is 1. The van der Waals surface area contributed by atoms with Crippen molar-refractivity contribution in [2.45, 2.75) is 44.5 Å². The van der Waals surface area contributed by atoms with Gasteiger partial charge < -0.3 is 14.6 Å². The molecular formula is C19H27F3N2O4. The highest BCUT2D eigenvalue weighted by Gasteiger charge is 2.46. The molecule has 0 unspecified atom stereocenters. The molecule has 2 aliphatic rings. The highest BCUT2D eigenvalue weighted by atomic mass is 19.4. The molecule has 9 heteroatoms. The molecule has 0 bridgehead atoms. The van der Waals surface area contributed by atoms with Gasteiger partial charge in [0.25, 0.3) is 0 Å². The minimum atomic E-state index is -5.08. The fourth-order valence-corrected chi connectivity index (χ4v) is 3.75. The molecule has 6 nitrogen and oxygen atoms in total. The van der Waals surface area contributed by atoms with E-state index in [0.29, 0.717) is 5.92 Å². The fourth-order valence-electron chi connectivity index (χ4n) is 3.75. The van der Waals surface area contributed by atoms with Crippen LogP contribution in [0.25, 0.3) is 0 Å². The van der Waals surface area contributed by atoms with Gasteiger partial charge in [-0.25, -0.2) is 4.79 Å². The number of ether oxygens (including phenoxy) is 2. The predicted octanol–water partition coefficient (Wildman–Crippen LogP) is 3.12. The molecular weight excluding hydrogens is 377 g/mol. The van der Waals surface area contributed by atoms with E-state index in [1.807, 2.05) is 12.3 Å². The summed E-state index contributed by atoms with van der Waals surface area (Å²) in [6.07, 6.45) is 0.453. The van der Waals surface area contributed by atoms with Crippen molar-refractivity contribution in [1.29, 1.82) is 0 Å². The molecule has 1 N–H and O–H groups in total. The smallest absolute Gasteiger partial charge is 0.475 e. The van der Waals surface area contributed by atoms with Gasteiger partial charge in [0, 0.05) is 38.4 Å². The zero-order valence-electron chi connectivity index (χ0n) is 16.0. The molecule has 1 aromatic heterocycles. The van der Waals surface area contributed by atoms with Crippen LogP contribution in [0.1, 0.15) is 31.9 Å². The molecule has 1 saturated carbocycles. The first kappa shape index (κ1) is 22.6. The van der Waals surface area contributed by atoms with Crippen LogP contribution in [-0.2, 0) is 20.8 Å². The number of carboxylic acids is 1. The van der Waals surface area contributed by atoms with E-state index in [2.05, 4.69) is 28.9 Å². The minimum absolute atomic E-state index is 0.0161. The van der Waals surface area contributed by atoms with Gasteiger partial charge in [-0.05, 0) is 31.9 Å². The van der Waals surface area contributed by atoms with Gasteiger partial charge >= 0.3 is 12.1 Å². The Labute approximate surface area is 162 Å². The molecule has 158 valence electrons. The third kappa shape index (κ3) is 6.42. The minimum Gasteiger partial charge on any atom is -0.475 e. The SMILES string of the molecule is CCOC[C@@H]1CCC[C@@]12CN(Cc1ccccn1)CCO2.O=C(O)C(F)(F)F. The molecule has 1 saturated heterocycles. The third-order valence-corrected chi connectivity index (χ3v) is 5.06. The van der Waals surface area contributed by atoms with Crippen LogP contribution in [0.15, 0.2) is 24.4 Å². The van der Waals surface area contributed by atoms with Gasteiger partial charge in [-0.15, -0.1) is 0 Å². The molecule has 1 aliphatic heterocycles. The maximum Gasteiger partial charge on any atom is 0.490 e. The first-order valence-corrected chi connectivity index (χ1v) is 9.41. The number of carboxylic acid groups (broad SMARTS) is 1. The quantitative estimate of drug-likeness (QED) is 0.813. The van der Waals surface area contributed by atoms with Crippen molar-refractivity contribution < 1.29 is 32.5 Å². The van der Waals surface area contributed by atoms with Gasteiger partial charge in [0.15, 0.2) is 0 Å². The first-order chi connectivity index (χ1) is 13.3. The Morgan fingerprint density at radius 2 is 2.21 bits per heavy atom. The van der Waals surface area contributed by atoms with Gasteiger partial charge in [0.1, 0.15) is 0 Å². The summed E-state index contributed by atoms with van der Waals surface area (Å²) in [5.74, 6) is -2.21. The van der Waals surface area contributed by atoms with E-state index in [4.69, 9.17) is 19.4 Å². The average Bonchev–Trinajstić information content (AvgIpc) is 3.02. The number of aromatic nitrogens is 1. The van der Waals surface area contributed by atoms with E-state index in [-0.39, 0.29) is 5.60 Å². The van der Waals surface area contributed by atoms with Crippen LogP contribution >= 0.6 is 0 Å². The number of aliphatic carboxylic acids is 1. The molecule has 28 heavy (non-hydrogen) atoms. The number of nitrogens with zero attached hydrogens (tertiary/aromatic N) is 2. The Morgan fingerprint density at radius 3 is 2.82 bits per heavy atom. The van der Waals surface area contributed by atoms with Crippen molar-refractivity contribution in [2.75, 3.05) is 32.9 Å². The van der Waals surface area contributed by atoms with Crippen LogP contribution in [0.5, 0.6) is 0 Å². The van der Waals surface area contributed by atoms with Crippen LogP contribution in [0.4, 0.5) is 13.2 Å². The van der Waals surface area contributed by atoms with Crippen molar-refractivity contribution in [1.82, 2.24) is 9.88 Å². The number of hydrogen-bond acceptors (Lipinski definition) is 5. The fraction of sp³-hybridized carbons (Fsp3) is 0.684. The summed E-state index contributed by atoms with van der Waals surface area (Å²) in [4.78, 5) is 15.8. The lowest BCUT2D eigenvalue weighted by Gasteiger charge is -2.44. The van der Waals surface area contributed by atoms with Gasteiger partial charge in [-0.2, -0.15) is 13.2 Å². The summed E-state index contributed by atoms with van der Waals surface area (Å²) >= 11 is 0. The van der Waals surface area contributed by atoms with Crippen LogP contribution in [0, 0.1) is 5.92 Å². The molecule has 1 spiro atoms. The Bertz CT molecular complexity index is 615. The lowest BCUT2D eigenvalue weighted by atomic mass is 9.89. The highest BCUT2D eigenvalue weighted by Crippen LogP contribution is 2.41. The largest absolute Gasteiger partial charge is 0.490 e. The van der Waals surface area contributed by atoms with Crippen molar-refractivity contribution in [3.8, 4) is 0 Å². The van der Waals surface area contributed by atoms with Gasteiger partial charge in [-0.3, -0.25) is 9.88 Å². The number of alkyl halides is 3. The average molecular weight is 404 g/mol. The second-order valence-electron chi connectivity index (χ2n) is 7.00. The number of halogens is 3. The van der Waals surface area contributed by atoms with Crippen LogP contribution in [0.3, 0.4) is 0 Å². The number of rotatable bonds is 5. The summed E-state index contributed by atoms with van der Waals surface area (Å²) < 4.78 is 43.7. The molecule has 0 aromatic carbocycles. The van der Waals surface area contributed by atoms with E-state index in [9.17, 15) is 13.2 Å². The number of pyridine rings is 1. The Hall–Kier alpha value is -1.71. The topological polar surface area (TPSA) is 71.9 Å². The van der Waals surface area contributed by atoms with Crippen LogP contribution in [0.2, 0.25) is 0 Å². The van der Waals surface area contributed by atoms with Crippen molar-refractivity contribution >= 4 is 5.97 Å². The maximum atomic E-state index is 10.6. The monoisotopic (exact) mass is 404 g/mol. The van der Waals surface area contributed by atoms with Gasteiger partial charge in [0.05, 0.1) is 24.5 Å². The zero-order valence-corrected chi connectivity index (χ0v) is 16.0. The van der Waals surface area contributed by atoms with Gasteiger partial charge in [0.2, 0.25) is 0 Å². The third-order valence-electron chi connectivity index (χ3n) is 5.06. The van der Waals surface area contributed by atoms with Crippen LogP contribution in [-0.4, -0.2) is 65.6 Å². The summed E-state index contributed by atoms with van der Waals surface area (Å²) in [5, 5.41) is 7.12. The van der Waals surface area contributed by atoms with Crippen molar-refractivity contribution in [3.63, 3.8) is 0 Å². The molecule has 1 aliphatic carbocycles. The molecule has 2 atom stereocenters. The van der Waals surface area contributed by atoms with Crippen LogP contribution < -0.4 is 0 Å². The van der Waals surface area contributed by atoms with Gasteiger partial charge in [-0.1, -0.05) is 12.5 Å². The summed E-state index contributed by atoms with van der Waals surface area (Å²) in [6.45, 7) is 7.47. The molecule has 2 fully saturated rings. The Morgan fingerprint density at radius 1 is 1.46 bits per heavy atom. The van der Waals surface area contributed by atoms with E-state index in [0.717, 1.165) is 45.1 Å². The molecule has 2 heterocycles. The Kier molecular flexibility index (Phi) is 8.21. The van der Waals surface area contributed by atoms with E-state index < -0.39 is 12.1 Å². The van der Waals surface area contributed by atoms with E-state index in [1.54, 1.807) is 0 Å². The summed E-state index contributed by atoms with van der Waals surface area (Å²) in [5.41, 5.74) is 1.16. The number of morpholine rings is 1. The second kappa shape index (κ2) is 10.2. The lowest BCUT2D eigenvalue weighted by Crippen LogP contribution is -2.54. The molecule has 0 amide bonds. The first-order valence-electron chi connectivity index (χ1n) is 9.41. The molecule has 3 rings (SSSR count). The lowest BCUT2D eigenvalue weighted by molar-refractivity contribution is -0.192. The molecule has 1 aromatic rings. The summed E-state index contributed by atoms with van der Waals surface area (Å²) in [6, 6.07) is 6.14. The summed E-state index contributed by atoms with van der Waals surface area (Å²) in [7, 11) is 0. The normalized spacial score (nSPS) is 25.4. The maximum absolute atomic E-state index is 10.6. The Balaban J connectivity index is 0.000000345. The standard InChI is InChI=1S/C17H26N2O2.C2HF3O2/c1-2-20-13-15-6-5-8-17(15)14-19(10-11-21-17)12-16-7-3-4-9-18-16;3-2(4,5)1(6)7/h3-4,7,9,15H,2,5-6,8,10-14H2,1H3;(H,6,7)/t15-,17+;/m0./s1. The zero-order chi connectivity index (χ0) is 20.6. The van der Waals surface area contributed by atoms with Crippen molar-refractivity contribution in [3.05, 3.63) is 30.1 Å². The second-order valence-corrected chi connectivity index (χ2v) is 7.00. The van der Waals surface area contributed by atoms with Crippen molar-refractivity contribution in [2.24, 2.45) is 5.92 Å².